The van der Waals surface area contributed by atoms with E-state index in [0.717, 1.165) is 6.42 Å². The lowest BCUT2D eigenvalue weighted by atomic mass is 9.87. The summed E-state index contributed by atoms with van der Waals surface area (Å²) in [5.41, 5.74) is 0. The molecule has 3 atom stereocenters. The molecule has 2 heteroatoms. The summed E-state index contributed by atoms with van der Waals surface area (Å²) < 4.78 is 5.02. The molecule has 1 saturated heterocycles. The van der Waals surface area contributed by atoms with Crippen LogP contribution in [0.4, 0.5) is 0 Å². The van der Waals surface area contributed by atoms with Crippen LogP contribution in [0.2, 0.25) is 0 Å². The van der Waals surface area contributed by atoms with Crippen molar-refractivity contribution >= 4 is 5.97 Å². The van der Waals surface area contributed by atoms with Gasteiger partial charge in [0.05, 0.1) is 12.5 Å². The van der Waals surface area contributed by atoms with E-state index in [2.05, 4.69) is 6.92 Å². The van der Waals surface area contributed by atoms with Crippen LogP contribution in [0.5, 0.6) is 0 Å². The van der Waals surface area contributed by atoms with E-state index in [1.807, 2.05) is 0 Å². The van der Waals surface area contributed by atoms with Gasteiger partial charge in [0.1, 0.15) is 0 Å². The summed E-state index contributed by atoms with van der Waals surface area (Å²) >= 11 is 0. The van der Waals surface area contributed by atoms with Crippen molar-refractivity contribution in [2.24, 2.45) is 17.8 Å². The highest BCUT2D eigenvalue weighted by Crippen LogP contribution is 2.41. The number of cyclic esters (lactones) is 1. The number of carbonyl (C=O) groups is 1. The van der Waals surface area contributed by atoms with Crippen LogP contribution in [0.1, 0.15) is 26.2 Å². The molecule has 0 radical (unpaired) electrons. The van der Waals surface area contributed by atoms with Gasteiger partial charge < -0.3 is 4.74 Å². The Balaban J connectivity index is 2.14. The van der Waals surface area contributed by atoms with Gasteiger partial charge in [0.2, 0.25) is 0 Å². The van der Waals surface area contributed by atoms with Gasteiger partial charge in [0, 0.05) is 0 Å². The number of esters is 1. The maximum Gasteiger partial charge on any atom is 0.309 e. The Bertz CT molecular complexity index is 174. The Morgan fingerprint density at radius 1 is 1.36 bits per heavy atom. The molecule has 0 N–H and O–H groups in total. The first-order valence-corrected chi connectivity index (χ1v) is 4.45. The quantitative estimate of drug-likeness (QED) is 0.495. The number of fused-ring (bicyclic) bond motifs is 1. The fraction of sp³-hybridized carbons (Fsp3) is 0.889. The molecule has 0 bridgehead atoms. The molecular weight excluding hydrogens is 140 g/mol. The van der Waals surface area contributed by atoms with Crippen LogP contribution >= 0.6 is 0 Å². The maximum absolute atomic E-state index is 11.3. The second kappa shape index (κ2) is 2.50. The molecule has 11 heavy (non-hydrogen) atoms. The fourth-order valence-electron chi connectivity index (χ4n) is 2.46. The lowest BCUT2D eigenvalue weighted by molar-refractivity contribution is -0.156. The highest BCUT2D eigenvalue weighted by Gasteiger charge is 2.41. The fourth-order valence-corrected chi connectivity index (χ4v) is 2.46. The standard InChI is InChI=1S/C9H14O2/c1-6-2-3-7-4-5-11-9(10)8(6)7/h6-8H,2-5H2,1H3/t6-,7-,8-/m1/s1. The van der Waals surface area contributed by atoms with Crippen molar-refractivity contribution in [3.63, 3.8) is 0 Å². The molecule has 0 aromatic rings. The van der Waals surface area contributed by atoms with E-state index in [9.17, 15) is 4.79 Å². The zero-order valence-corrected chi connectivity index (χ0v) is 6.88. The number of ether oxygens (including phenoxy) is 1. The molecule has 0 aromatic carbocycles. The summed E-state index contributed by atoms with van der Waals surface area (Å²) in [4.78, 5) is 11.3. The topological polar surface area (TPSA) is 26.3 Å². The highest BCUT2D eigenvalue weighted by atomic mass is 16.5. The van der Waals surface area contributed by atoms with E-state index in [0.29, 0.717) is 18.4 Å². The van der Waals surface area contributed by atoms with Crippen molar-refractivity contribution in [3.8, 4) is 0 Å². The predicted molar refractivity (Wildman–Crippen MR) is 41.0 cm³/mol. The smallest absolute Gasteiger partial charge is 0.309 e. The lowest BCUT2D eigenvalue weighted by Gasteiger charge is -2.26. The van der Waals surface area contributed by atoms with Crippen LogP contribution in [0, 0.1) is 17.8 Å². The predicted octanol–water partition coefficient (Wildman–Crippen LogP) is 1.60. The van der Waals surface area contributed by atoms with Gasteiger partial charge in [-0.1, -0.05) is 6.92 Å². The van der Waals surface area contributed by atoms with Crippen molar-refractivity contribution in [3.05, 3.63) is 0 Å². The van der Waals surface area contributed by atoms with Crippen LogP contribution in [0.3, 0.4) is 0 Å². The van der Waals surface area contributed by atoms with Crippen molar-refractivity contribution < 1.29 is 9.53 Å². The van der Waals surface area contributed by atoms with E-state index in [4.69, 9.17) is 4.74 Å². The molecule has 2 rings (SSSR count). The summed E-state index contributed by atoms with van der Waals surface area (Å²) in [5.74, 6) is 1.51. The normalized spacial score (nSPS) is 43.4. The molecular formula is C9H14O2. The second-order valence-electron chi connectivity index (χ2n) is 3.80. The van der Waals surface area contributed by atoms with Gasteiger partial charge in [-0.2, -0.15) is 0 Å². The molecule has 0 amide bonds. The minimum Gasteiger partial charge on any atom is -0.465 e. The second-order valence-corrected chi connectivity index (χ2v) is 3.80. The van der Waals surface area contributed by atoms with E-state index in [-0.39, 0.29) is 11.9 Å². The first kappa shape index (κ1) is 7.14. The first-order valence-electron chi connectivity index (χ1n) is 4.45. The van der Waals surface area contributed by atoms with Crippen molar-refractivity contribution in [1.29, 1.82) is 0 Å². The van der Waals surface area contributed by atoms with E-state index >= 15 is 0 Å². The third-order valence-electron chi connectivity index (χ3n) is 3.12. The monoisotopic (exact) mass is 154 g/mol. The molecule has 1 aliphatic carbocycles. The Morgan fingerprint density at radius 3 is 2.91 bits per heavy atom. The largest absolute Gasteiger partial charge is 0.465 e. The molecule has 2 nitrogen and oxygen atoms in total. The average Bonchev–Trinajstić information content (AvgIpc) is 2.34. The Labute approximate surface area is 66.9 Å². The van der Waals surface area contributed by atoms with Crippen LogP contribution < -0.4 is 0 Å². The van der Waals surface area contributed by atoms with Crippen molar-refractivity contribution in [1.82, 2.24) is 0 Å². The summed E-state index contributed by atoms with van der Waals surface area (Å²) in [6.45, 7) is 2.82. The van der Waals surface area contributed by atoms with Crippen molar-refractivity contribution in [2.45, 2.75) is 26.2 Å². The Hall–Kier alpha value is -0.530. The lowest BCUT2D eigenvalue weighted by Crippen LogP contribution is -2.31. The van der Waals surface area contributed by atoms with Gasteiger partial charge >= 0.3 is 5.97 Å². The molecule has 0 spiro atoms. The first-order chi connectivity index (χ1) is 5.29. The average molecular weight is 154 g/mol. The molecule has 62 valence electrons. The molecule has 2 aliphatic rings. The zero-order chi connectivity index (χ0) is 7.84. The van der Waals surface area contributed by atoms with Gasteiger partial charge in [-0.05, 0) is 31.1 Å². The van der Waals surface area contributed by atoms with Gasteiger partial charge in [0.15, 0.2) is 0 Å². The zero-order valence-electron chi connectivity index (χ0n) is 6.88. The Morgan fingerprint density at radius 2 is 2.18 bits per heavy atom. The van der Waals surface area contributed by atoms with Crippen LogP contribution in [-0.4, -0.2) is 12.6 Å². The molecule has 0 aromatic heterocycles. The van der Waals surface area contributed by atoms with Crippen LogP contribution in [0.25, 0.3) is 0 Å². The summed E-state index contributed by atoms with van der Waals surface area (Å²) in [5, 5.41) is 0. The van der Waals surface area contributed by atoms with E-state index < -0.39 is 0 Å². The number of hydrogen-bond donors (Lipinski definition) is 0. The SMILES string of the molecule is C[C@@H]1CC[C@@H]2CCOC(=O)[C@@H]21. The van der Waals surface area contributed by atoms with Gasteiger partial charge in [-0.15, -0.1) is 0 Å². The summed E-state index contributed by atoms with van der Waals surface area (Å²) in [7, 11) is 0. The van der Waals surface area contributed by atoms with Gasteiger partial charge in [0.25, 0.3) is 0 Å². The highest BCUT2D eigenvalue weighted by molar-refractivity contribution is 5.74. The Kier molecular flexibility index (Phi) is 1.63. The molecule has 1 heterocycles. The van der Waals surface area contributed by atoms with Crippen LogP contribution in [0.15, 0.2) is 0 Å². The molecule has 0 unspecified atom stereocenters. The van der Waals surface area contributed by atoms with Crippen LogP contribution in [-0.2, 0) is 9.53 Å². The van der Waals surface area contributed by atoms with E-state index in [1.165, 1.54) is 12.8 Å². The summed E-state index contributed by atoms with van der Waals surface area (Å²) in [6, 6.07) is 0. The van der Waals surface area contributed by atoms with E-state index in [1.54, 1.807) is 0 Å². The van der Waals surface area contributed by atoms with Gasteiger partial charge in [-0.3, -0.25) is 4.79 Å². The molecule has 2 fully saturated rings. The summed E-state index contributed by atoms with van der Waals surface area (Å²) in [6.07, 6.45) is 3.55. The number of hydrogen-bond acceptors (Lipinski definition) is 2. The van der Waals surface area contributed by atoms with Gasteiger partial charge in [-0.25, -0.2) is 0 Å². The minimum absolute atomic E-state index is 0.0613. The molecule has 1 saturated carbocycles. The number of rotatable bonds is 0. The van der Waals surface area contributed by atoms with Crippen molar-refractivity contribution in [2.75, 3.05) is 6.61 Å². The molecule has 1 aliphatic heterocycles. The third kappa shape index (κ3) is 1.05. The minimum atomic E-state index is 0.0613. The maximum atomic E-state index is 11.3. The third-order valence-corrected chi connectivity index (χ3v) is 3.12. The number of carbonyl (C=O) groups excluding carboxylic acids is 1.